The van der Waals surface area contributed by atoms with Gasteiger partial charge in [-0.2, -0.15) is 0 Å². The molecule has 3 aromatic rings. The minimum Gasteiger partial charge on any atom is -0.353 e. The van der Waals surface area contributed by atoms with Crippen LogP contribution < -0.4 is 0 Å². The van der Waals surface area contributed by atoms with Crippen molar-refractivity contribution in [2.24, 2.45) is 0 Å². The third kappa shape index (κ3) is 3.22. The molecule has 1 fully saturated rings. The monoisotopic (exact) mass is 348 g/mol. The number of amides is 1. The molecule has 26 heavy (non-hydrogen) atoms. The highest BCUT2D eigenvalue weighted by molar-refractivity contribution is 6.07. The van der Waals surface area contributed by atoms with Crippen LogP contribution in [0.15, 0.2) is 42.6 Å². The van der Waals surface area contributed by atoms with Gasteiger partial charge in [0.15, 0.2) is 0 Å². The van der Waals surface area contributed by atoms with Crippen LogP contribution >= 0.6 is 0 Å². The molecule has 2 aromatic heterocycles. The van der Waals surface area contributed by atoms with E-state index in [4.69, 9.17) is 0 Å². The largest absolute Gasteiger partial charge is 0.353 e. The zero-order valence-corrected chi connectivity index (χ0v) is 15.3. The number of aromatic amines is 1. The molecule has 0 saturated carbocycles. The van der Waals surface area contributed by atoms with Gasteiger partial charge in [0.05, 0.1) is 17.4 Å². The number of fused-ring (bicyclic) bond motifs is 3. The second kappa shape index (κ2) is 6.92. The first-order chi connectivity index (χ1) is 12.6. The highest BCUT2D eigenvalue weighted by Crippen LogP contribution is 2.25. The van der Waals surface area contributed by atoms with Crippen LogP contribution in [0.1, 0.15) is 18.5 Å². The smallest absolute Gasteiger partial charge is 0.246 e. The van der Waals surface area contributed by atoms with E-state index in [0.717, 1.165) is 48.0 Å². The average molecular weight is 348 g/mol. The number of pyridine rings is 1. The van der Waals surface area contributed by atoms with E-state index in [1.54, 1.807) is 6.08 Å². The predicted octanol–water partition coefficient (Wildman–Crippen LogP) is 3.28. The summed E-state index contributed by atoms with van der Waals surface area (Å²) in [5, 5.41) is 2.31. The normalized spacial score (nSPS) is 16.7. The average Bonchev–Trinajstić information content (AvgIpc) is 3.04. The van der Waals surface area contributed by atoms with Crippen molar-refractivity contribution >= 4 is 33.8 Å². The van der Waals surface area contributed by atoms with E-state index in [9.17, 15) is 4.79 Å². The van der Waals surface area contributed by atoms with Gasteiger partial charge in [0.1, 0.15) is 0 Å². The molecule has 1 saturated heterocycles. The lowest BCUT2D eigenvalue weighted by atomic mass is 10.0. The highest BCUT2D eigenvalue weighted by Gasteiger charge is 2.22. The Labute approximate surface area is 153 Å². The second-order valence-electron chi connectivity index (χ2n) is 7.14. The van der Waals surface area contributed by atoms with Crippen molar-refractivity contribution in [3.05, 3.63) is 48.3 Å². The molecule has 0 aliphatic carbocycles. The Morgan fingerprint density at radius 2 is 2.00 bits per heavy atom. The van der Waals surface area contributed by atoms with Crippen molar-refractivity contribution in [2.75, 3.05) is 27.2 Å². The molecule has 1 aromatic carbocycles. The molecule has 0 bridgehead atoms. The summed E-state index contributed by atoms with van der Waals surface area (Å²) < 4.78 is 0. The molecular formula is C21H24N4O. The quantitative estimate of drug-likeness (QED) is 0.739. The first kappa shape index (κ1) is 16.8. The number of likely N-dealkylation sites (tertiary alicyclic amines) is 1. The van der Waals surface area contributed by atoms with Crippen molar-refractivity contribution in [1.29, 1.82) is 0 Å². The van der Waals surface area contributed by atoms with Crippen molar-refractivity contribution in [3.8, 4) is 0 Å². The number of para-hydroxylation sites is 1. The molecule has 3 heterocycles. The van der Waals surface area contributed by atoms with E-state index >= 15 is 0 Å². The molecule has 5 nitrogen and oxygen atoms in total. The van der Waals surface area contributed by atoms with E-state index in [-0.39, 0.29) is 5.91 Å². The van der Waals surface area contributed by atoms with Crippen LogP contribution in [0.4, 0.5) is 0 Å². The topological polar surface area (TPSA) is 52.2 Å². The van der Waals surface area contributed by atoms with Gasteiger partial charge in [-0.1, -0.05) is 18.2 Å². The van der Waals surface area contributed by atoms with Crippen LogP contribution in [0.5, 0.6) is 0 Å². The van der Waals surface area contributed by atoms with Crippen LogP contribution in [0.3, 0.4) is 0 Å². The van der Waals surface area contributed by atoms with Gasteiger partial charge in [0.2, 0.25) is 5.91 Å². The summed E-state index contributed by atoms with van der Waals surface area (Å²) in [7, 11) is 4.03. The number of carbonyl (C=O) groups is 1. The number of rotatable bonds is 3. The number of aromatic nitrogens is 2. The number of carbonyl (C=O) groups excluding carboxylic acids is 1. The van der Waals surface area contributed by atoms with E-state index in [1.165, 1.54) is 5.39 Å². The number of nitrogens with one attached hydrogen (secondary N) is 1. The minimum atomic E-state index is 0.0420. The van der Waals surface area contributed by atoms with Crippen molar-refractivity contribution in [3.63, 3.8) is 0 Å². The zero-order chi connectivity index (χ0) is 18.1. The minimum absolute atomic E-state index is 0.0420. The Balaban J connectivity index is 1.52. The lowest BCUT2D eigenvalue weighted by molar-refractivity contribution is -0.127. The van der Waals surface area contributed by atoms with E-state index in [2.05, 4.69) is 34.0 Å². The number of hydrogen-bond donors (Lipinski definition) is 1. The summed E-state index contributed by atoms with van der Waals surface area (Å²) in [5.74, 6) is 0.0420. The van der Waals surface area contributed by atoms with Gasteiger partial charge in [0.25, 0.3) is 0 Å². The molecule has 134 valence electrons. The maximum absolute atomic E-state index is 12.5. The standard InChI is InChI=1S/C21H24N4O/c1-24-11-9-16(10-12-24)25(2)21(26)8-7-15-13-18-17-5-3-4-6-19(17)23-20(18)14-22-15/h3-8,13-14,16,23H,9-12H2,1-2H3/b8-7+. The molecule has 1 N–H and O–H groups in total. The lowest BCUT2D eigenvalue weighted by Crippen LogP contribution is -2.43. The number of nitrogens with zero attached hydrogens (tertiary/aromatic N) is 3. The van der Waals surface area contributed by atoms with Crippen LogP contribution in [0.2, 0.25) is 0 Å². The van der Waals surface area contributed by atoms with E-state index < -0.39 is 0 Å². The Morgan fingerprint density at radius 3 is 2.81 bits per heavy atom. The Kier molecular flexibility index (Phi) is 4.47. The molecule has 0 spiro atoms. The van der Waals surface area contributed by atoms with Gasteiger partial charge in [-0.3, -0.25) is 9.78 Å². The number of likely N-dealkylation sites (N-methyl/N-ethyl adjacent to an activating group) is 1. The van der Waals surface area contributed by atoms with Gasteiger partial charge in [-0.05, 0) is 51.2 Å². The molecule has 1 aliphatic heterocycles. The van der Waals surface area contributed by atoms with Crippen molar-refractivity contribution in [1.82, 2.24) is 19.8 Å². The Bertz CT molecular complexity index is 966. The number of hydrogen-bond acceptors (Lipinski definition) is 3. The molecule has 1 aliphatic rings. The van der Waals surface area contributed by atoms with Crippen LogP contribution in [-0.2, 0) is 4.79 Å². The van der Waals surface area contributed by atoms with Crippen molar-refractivity contribution in [2.45, 2.75) is 18.9 Å². The second-order valence-corrected chi connectivity index (χ2v) is 7.14. The summed E-state index contributed by atoms with van der Waals surface area (Å²) in [6.45, 7) is 2.09. The summed E-state index contributed by atoms with van der Waals surface area (Å²) in [4.78, 5) is 24.5. The molecule has 0 unspecified atom stereocenters. The first-order valence-corrected chi connectivity index (χ1v) is 9.12. The highest BCUT2D eigenvalue weighted by atomic mass is 16.2. The molecule has 0 atom stereocenters. The third-order valence-electron chi connectivity index (χ3n) is 5.39. The maximum atomic E-state index is 12.5. The van der Waals surface area contributed by atoms with Gasteiger partial charge < -0.3 is 14.8 Å². The Hall–Kier alpha value is -2.66. The van der Waals surface area contributed by atoms with E-state index in [0.29, 0.717) is 6.04 Å². The fraction of sp³-hybridized carbons (Fsp3) is 0.333. The summed E-state index contributed by atoms with van der Waals surface area (Å²) in [6.07, 6.45) is 7.36. The van der Waals surface area contributed by atoms with E-state index in [1.807, 2.05) is 42.4 Å². The summed E-state index contributed by atoms with van der Waals surface area (Å²) in [6, 6.07) is 10.6. The van der Waals surface area contributed by atoms with Crippen LogP contribution in [0.25, 0.3) is 27.9 Å². The zero-order valence-electron chi connectivity index (χ0n) is 15.3. The summed E-state index contributed by atoms with van der Waals surface area (Å²) in [5.41, 5.74) is 2.91. The van der Waals surface area contributed by atoms with Crippen LogP contribution in [-0.4, -0.2) is 58.9 Å². The first-order valence-electron chi connectivity index (χ1n) is 9.12. The van der Waals surface area contributed by atoms with Crippen molar-refractivity contribution < 1.29 is 4.79 Å². The van der Waals surface area contributed by atoms with Gasteiger partial charge in [-0.15, -0.1) is 0 Å². The SMILES string of the molecule is CN1CCC(N(C)C(=O)/C=C/c2cc3c(cn2)[nH]c2ccccc23)CC1. The number of H-pyrrole nitrogens is 1. The van der Waals surface area contributed by atoms with Crippen LogP contribution in [0, 0.1) is 0 Å². The number of benzene rings is 1. The third-order valence-corrected chi connectivity index (χ3v) is 5.39. The lowest BCUT2D eigenvalue weighted by Gasteiger charge is -2.34. The maximum Gasteiger partial charge on any atom is 0.246 e. The fourth-order valence-corrected chi connectivity index (χ4v) is 3.69. The van der Waals surface area contributed by atoms with Gasteiger partial charge in [0, 0.05) is 35.5 Å². The molecule has 1 amide bonds. The molecule has 5 heteroatoms. The van der Waals surface area contributed by atoms with Gasteiger partial charge in [-0.25, -0.2) is 0 Å². The predicted molar refractivity (Wildman–Crippen MR) is 106 cm³/mol. The Morgan fingerprint density at radius 1 is 1.23 bits per heavy atom. The fourth-order valence-electron chi connectivity index (χ4n) is 3.69. The summed E-state index contributed by atoms with van der Waals surface area (Å²) >= 11 is 0. The molecule has 0 radical (unpaired) electrons. The van der Waals surface area contributed by atoms with Gasteiger partial charge >= 0.3 is 0 Å². The molecular weight excluding hydrogens is 324 g/mol. The number of piperidine rings is 1. The molecule has 4 rings (SSSR count).